The van der Waals surface area contributed by atoms with Crippen LogP contribution in [0.3, 0.4) is 0 Å². The molecule has 0 atom stereocenters. The Morgan fingerprint density at radius 3 is 2.47 bits per heavy atom. The Labute approximate surface area is 100 Å². The third-order valence-electron chi connectivity index (χ3n) is 1.48. The van der Waals surface area contributed by atoms with Crippen molar-refractivity contribution in [1.29, 1.82) is 0 Å². The molecule has 0 saturated heterocycles. The number of halogens is 2. The van der Waals surface area contributed by atoms with E-state index in [1.54, 1.807) is 12.3 Å². The number of ether oxygens (including phenoxy) is 1. The van der Waals surface area contributed by atoms with Crippen molar-refractivity contribution >= 4 is 30.9 Å². The summed E-state index contributed by atoms with van der Waals surface area (Å²) in [6.07, 6.45) is 0.837. The Morgan fingerprint density at radius 1 is 1.40 bits per heavy atom. The molecule has 5 nitrogen and oxygen atoms in total. The molecule has 1 heterocycles. The second-order valence-electron chi connectivity index (χ2n) is 2.47. The van der Waals surface area contributed by atoms with Crippen LogP contribution >= 0.6 is 24.8 Å². The number of primary amides is 1. The molecule has 1 aromatic heterocycles. The van der Waals surface area contributed by atoms with Gasteiger partial charge in [-0.15, -0.1) is 24.8 Å². The fraction of sp³-hybridized carbons (Fsp3) is 0.250. The Kier molecular flexibility index (Phi) is 9.05. The van der Waals surface area contributed by atoms with Gasteiger partial charge in [0.1, 0.15) is 6.61 Å². The number of nitrogens with two attached hydrogens (primary N) is 2. The summed E-state index contributed by atoms with van der Waals surface area (Å²) in [5, 5.41) is 0. The van der Waals surface area contributed by atoms with Crippen LogP contribution in [0.5, 0.6) is 0 Å². The molecule has 0 bridgehead atoms. The maximum atomic E-state index is 10.2. The van der Waals surface area contributed by atoms with Crippen molar-refractivity contribution < 1.29 is 9.53 Å². The highest BCUT2D eigenvalue weighted by molar-refractivity contribution is 5.85. The Hall–Kier alpha value is -1.04. The molecule has 0 unspecified atom stereocenters. The molecular formula is C8H13Cl2N3O2. The summed E-state index contributed by atoms with van der Waals surface area (Å²) >= 11 is 0. The first-order valence-corrected chi connectivity index (χ1v) is 3.78. The summed E-state index contributed by atoms with van der Waals surface area (Å²) < 4.78 is 4.55. The molecule has 4 N–H and O–H groups in total. The van der Waals surface area contributed by atoms with Gasteiger partial charge in [0.15, 0.2) is 0 Å². The summed E-state index contributed by atoms with van der Waals surface area (Å²) in [6, 6.07) is 3.57. The quantitative estimate of drug-likeness (QED) is 0.840. The molecule has 0 spiro atoms. The lowest BCUT2D eigenvalue weighted by Crippen LogP contribution is -2.13. The average molecular weight is 254 g/mol. The van der Waals surface area contributed by atoms with Crippen molar-refractivity contribution in [3.05, 3.63) is 29.6 Å². The van der Waals surface area contributed by atoms with Crippen molar-refractivity contribution in [2.24, 2.45) is 11.5 Å². The summed E-state index contributed by atoms with van der Waals surface area (Å²) in [5.74, 6) is 0. The van der Waals surface area contributed by atoms with Crippen LogP contribution < -0.4 is 11.5 Å². The van der Waals surface area contributed by atoms with Gasteiger partial charge in [0.25, 0.3) is 0 Å². The summed E-state index contributed by atoms with van der Waals surface area (Å²) in [6.45, 7) is 0.546. The van der Waals surface area contributed by atoms with Crippen LogP contribution in [-0.2, 0) is 17.9 Å². The topological polar surface area (TPSA) is 91.2 Å². The molecule has 0 saturated carbocycles. The molecule has 0 radical (unpaired) electrons. The molecule has 7 heteroatoms. The van der Waals surface area contributed by atoms with E-state index >= 15 is 0 Å². The molecule has 1 aromatic rings. The normalized spacial score (nSPS) is 8.33. The Bertz CT molecular complexity index is 292. The number of carbonyl (C=O) groups is 1. The SMILES string of the molecule is Cl.Cl.NCc1ccc(COC(N)=O)nc1. The third-order valence-corrected chi connectivity index (χ3v) is 1.48. The number of hydrogen-bond acceptors (Lipinski definition) is 4. The maximum Gasteiger partial charge on any atom is 0.404 e. The first-order chi connectivity index (χ1) is 6.22. The van der Waals surface area contributed by atoms with Crippen molar-refractivity contribution in [2.45, 2.75) is 13.2 Å². The lowest BCUT2D eigenvalue weighted by molar-refractivity contribution is 0.149. The number of pyridine rings is 1. The van der Waals surface area contributed by atoms with Crippen molar-refractivity contribution in [2.75, 3.05) is 0 Å². The zero-order valence-electron chi connectivity index (χ0n) is 7.88. The molecule has 86 valence electrons. The lowest BCUT2D eigenvalue weighted by atomic mass is 10.2. The third kappa shape index (κ3) is 6.11. The first-order valence-electron chi connectivity index (χ1n) is 3.78. The summed E-state index contributed by atoms with van der Waals surface area (Å²) in [7, 11) is 0. The van der Waals surface area contributed by atoms with Gasteiger partial charge >= 0.3 is 6.09 Å². The second kappa shape index (κ2) is 8.28. The molecule has 0 aromatic carbocycles. The van der Waals surface area contributed by atoms with Crippen LogP contribution in [0.15, 0.2) is 18.3 Å². The van der Waals surface area contributed by atoms with Gasteiger partial charge in [-0.05, 0) is 11.6 Å². The molecule has 0 fully saturated rings. The minimum atomic E-state index is -0.801. The van der Waals surface area contributed by atoms with Crippen LogP contribution in [0.2, 0.25) is 0 Å². The van der Waals surface area contributed by atoms with Crippen molar-refractivity contribution in [3.63, 3.8) is 0 Å². The zero-order chi connectivity index (χ0) is 9.68. The van der Waals surface area contributed by atoms with E-state index in [1.807, 2.05) is 6.07 Å². The average Bonchev–Trinajstić information content (AvgIpc) is 2.15. The standard InChI is InChI=1S/C8H11N3O2.2ClH/c9-3-6-1-2-7(11-4-6)5-13-8(10)12;;/h1-2,4H,3,5,9H2,(H2,10,12);2*1H. The van der Waals surface area contributed by atoms with Crippen LogP contribution in [0.1, 0.15) is 11.3 Å². The number of rotatable bonds is 3. The van der Waals surface area contributed by atoms with Gasteiger partial charge < -0.3 is 16.2 Å². The zero-order valence-corrected chi connectivity index (χ0v) is 9.51. The van der Waals surface area contributed by atoms with Crippen LogP contribution in [0, 0.1) is 0 Å². The van der Waals surface area contributed by atoms with Crippen LogP contribution in [0.4, 0.5) is 4.79 Å². The number of amides is 1. The molecule has 0 aliphatic rings. The number of carbonyl (C=O) groups excluding carboxylic acids is 1. The highest BCUT2D eigenvalue weighted by atomic mass is 35.5. The minimum absolute atomic E-state index is 0. The van der Waals surface area contributed by atoms with Gasteiger partial charge in [-0.2, -0.15) is 0 Å². The van der Waals surface area contributed by atoms with Crippen LogP contribution in [0.25, 0.3) is 0 Å². The molecular weight excluding hydrogens is 241 g/mol. The molecule has 1 amide bonds. The lowest BCUT2D eigenvalue weighted by Gasteiger charge is -2.01. The van der Waals surface area contributed by atoms with Crippen molar-refractivity contribution in [1.82, 2.24) is 4.98 Å². The fourth-order valence-corrected chi connectivity index (χ4v) is 0.806. The number of nitrogens with zero attached hydrogens (tertiary/aromatic N) is 1. The molecule has 1 rings (SSSR count). The predicted molar refractivity (Wildman–Crippen MR) is 61.0 cm³/mol. The van der Waals surface area contributed by atoms with Gasteiger partial charge in [0.2, 0.25) is 0 Å². The van der Waals surface area contributed by atoms with E-state index in [0.29, 0.717) is 12.2 Å². The van der Waals surface area contributed by atoms with Gasteiger partial charge in [-0.3, -0.25) is 4.98 Å². The van der Waals surface area contributed by atoms with Crippen molar-refractivity contribution in [3.8, 4) is 0 Å². The molecule has 0 aliphatic heterocycles. The second-order valence-corrected chi connectivity index (χ2v) is 2.47. The van der Waals surface area contributed by atoms with Gasteiger partial charge in [-0.1, -0.05) is 6.07 Å². The van der Waals surface area contributed by atoms with E-state index in [4.69, 9.17) is 11.5 Å². The van der Waals surface area contributed by atoms with E-state index < -0.39 is 6.09 Å². The Balaban J connectivity index is 0. The largest absolute Gasteiger partial charge is 0.443 e. The number of aromatic nitrogens is 1. The predicted octanol–water partition coefficient (Wildman–Crippen LogP) is 0.979. The van der Waals surface area contributed by atoms with E-state index in [1.165, 1.54) is 0 Å². The van der Waals surface area contributed by atoms with Gasteiger partial charge in [-0.25, -0.2) is 4.79 Å². The van der Waals surface area contributed by atoms with E-state index in [2.05, 4.69) is 9.72 Å². The highest BCUT2D eigenvalue weighted by Crippen LogP contribution is 2.00. The minimum Gasteiger partial charge on any atom is -0.443 e. The summed E-state index contributed by atoms with van der Waals surface area (Å²) in [4.78, 5) is 14.3. The van der Waals surface area contributed by atoms with E-state index in [0.717, 1.165) is 5.56 Å². The fourth-order valence-electron chi connectivity index (χ4n) is 0.806. The molecule has 15 heavy (non-hydrogen) atoms. The summed E-state index contributed by atoms with van der Waals surface area (Å²) in [5.41, 5.74) is 11.7. The Morgan fingerprint density at radius 2 is 2.07 bits per heavy atom. The van der Waals surface area contributed by atoms with Gasteiger partial charge in [0, 0.05) is 12.7 Å². The molecule has 0 aliphatic carbocycles. The highest BCUT2D eigenvalue weighted by Gasteiger charge is 1.97. The maximum absolute atomic E-state index is 10.2. The monoisotopic (exact) mass is 253 g/mol. The van der Waals surface area contributed by atoms with Gasteiger partial charge in [0.05, 0.1) is 5.69 Å². The number of hydrogen-bond donors (Lipinski definition) is 2. The van der Waals surface area contributed by atoms with E-state index in [-0.39, 0.29) is 31.4 Å². The first kappa shape index (κ1) is 16.4. The van der Waals surface area contributed by atoms with E-state index in [9.17, 15) is 4.79 Å². The van der Waals surface area contributed by atoms with Crippen LogP contribution in [-0.4, -0.2) is 11.1 Å². The smallest absolute Gasteiger partial charge is 0.404 e.